The van der Waals surface area contributed by atoms with Crippen molar-refractivity contribution < 1.29 is 20.1 Å². The van der Waals surface area contributed by atoms with Crippen LogP contribution in [-0.2, 0) is 4.79 Å². The Balaban J connectivity index is 1.69. The third kappa shape index (κ3) is 3.37. The molecule has 2 bridgehead atoms. The van der Waals surface area contributed by atoms with Gasteiger partial charge < -0.3 is 15.3 Å². The van der Waals surface area contributed by atoms with Crippen LogP contribution in [0.25, 0.3) is 0 Å². The molecule has 4 aliphatic carbocycles. The number of aliphatic hydroxyl groups excluding tert-OH is 2. The topological polar surface area (TPSA) is 77.8 Å². The number of ketones is 1. The largest absolute Gasteiger partial charge is 0.393 e. The van der Waals surface area contributed by atoms with Gasteiger partial charge in [-0.05, 0) is 82.1 Å². The molecule has 0 aromatic rings. The number of hydrogen-bond donors (Lipinski definition) is 3. The van der Waals surface area contributed by atoms with Gasteiger partial charge in [-0.1, -0.05) is 36.3 Å². The van der Waals surface area contributed by atoms with Gasteiger partial charge in [0.15, 0.2) is 5.78 Å². The Labute approximate surface area is 174 Å². The summed E-state index contributed by atoms with van der Waals surface area (Å²) in [6.07, 6.45) is 12.1. The number of aliphatic hydroxyl groups is 3. The SMILES string of the molecule is C/C=C/[C@H](O)[C@](C)(O)[C@H]1CC[C@H]2C3=CC(=O)[C@H]4CC(=CC[C@H](O)C4)[C@H]3CC[C@]12C. The van der Waals surface area contributed by atoms with E-state index >= 15 is 0 Å². The summed E-state index contributed by atoms with van der Waals surface area (Å²) in [4.78, 5) is 13.0. The van der Waals surface area contributed by atoms with Crippen molar-refractivity contribution in [3.05, 3.63) is 35.5 Å². The third-order valence-electron chi connectivity index (χ3n) is 8.64. The molecule has 0 heterocycles. The summed E-state index contributed by atoms with van der Waals surface area (Å²) in [6, 6.07) is 0. The molecule has 0 saturated heterocycles. The average molecular weight is 401 g/mol. The summed E-state index contributed by atoms with van der Waals surface area (Å²) in [6.45, 7) is 5.89. The highest BCUT2D eigenvalue weighted by atomic mass is 16.3. The van der Waals surface area contributed by atoms with Crippen molar-refractivity contribution in [1.82, 2.24) is 0 Å². The molecular formula is C25H36O4. The van der Waals surface area contributed by atoms with Gasteiger partial charge in [-0.25, -0.2) is 0 Å². The van der Waals surface area contributed by atoms with E-state index in [-0.39, 0.29) is 29.0 Å². The van der Waals surface area contributed by atoms with Gasteiger partial charge in [0.05, 0.1) is 11.7 Å². The molecule has 0 amide bonds. The highest BCUT2D eigenvalue weighted by Crippen LogP contribution is 2.63. The number of carbonyl (C=O) groups is 1. The van der Waals surface area contributed by atoms with Crippen molar-refractivity contribution in [2.75, 3.05) is 0 Å². The highest BCUT2D eigenvalue weighted by molar-refractivity contribution is 5.93. The molecule has 4 aliphatic rings. The van der Waals surface area contributed by atoms with Gasteiger partial charge >= 0.3 is 0 Å². The van der Waals surface area contributed by atoms with Gasteiger partial charge in [0, 0.05) is 11.8 Å². The van der Waals surface area contributed by atoms with E-state index < -0.39 is 17.8 Å². The zero-order valence-electron chi connectivity index (χ0n) is 18.0. The van der Waals surface area contributed by atoms with E-state index in [1.807, 2.05) is 13.0 Å². The van der Waals surface area contributed by atoms with E-state index in [9.17, 15) is 20.1 Å². The lowest BCUT2D eigenvalue weighted by Gasteiger charge is -2.50. The molecule has 0 aliphatic heterocycles. The monoisotopic (exact) mass is 400 g/mol. The highest BCUT2D eigenvalue weighted by Gasteiger charge is 2.58. The van der Waals surface area contributed by atoms with Crippen LogP contribution in [0.15, 0.2) is 35.5 Å². The second-order valence-electron chi connectivity index (χ2n) is 10.3. The van der Waals surface area contributed by atoms with Gasteiger partial charge in [-0.3, -0.25) is 4.79 Å². The van der Waals surface area contributed by atoms with Crippen molar-refractivity contribution in [2.24, 2.45) is 29.1 Å². The molecule has 0 aromatic carbocycles. The molecule has 4 nitrogen and oxygen atoms in total. The molecule has 0 spiro atoms. The van der Waals surface area contributed by atoms with E-state index in [0.29, 0.717) is 18.8 Å². The van der Waals surface area contributed by atoms with Crippen LogP contribution in [0, 0.1) is 29.1 Å². The summed E-state index contributed by atoms with van der Waals surface area (Å²) in [5.74, 6) is 0.634. The first-order valence-electron chi connectivity index (χ1n) is 11.3. The summed E-state index contributed by atoms with van der Waals surface area (Å²) in [5.41, 5.74) is 1.29. The van der Waals surface area contributed by atoms with Crippen molar-refractivity contribution in [3.63, 3.8) is 0 Å². The summed E-state index contributed by atoms with van der Waals surface area (Å²) < 4.78 is 0. The number of carbonyl (C=O) groups excluding carboxylic acids is 1. The zero-order chi connectivity index (χ0) is 21.0. The number of allylic oxidation sites excluding steroid dienone is 4. The number of hydrogen-bond acceptors (Lipinski definition) is 4. The molecule has 3 N–H and O–H groups in total. The first-order valence-corrected chi connectivity index (χ1v) is 11.3. The summed E-state index contributed by atoms with van der Waals surface area (Å²) >= 11 is 0. The standard InChI is InChI=1S/C25H36O4/c1-4-5-23(28)25(3,29)22-9-8-20-19-14-21(27)16-12-15(6-7-17(26)13-16)18(19)10-11-24(20,22)2/h4-6,14,16-18,20,22-23,26,28-29H,7-13H2,1-3H3/b5-4+/t16-,17-,18+,20-,22-,23-,24-,25+/m0/s1. The first kappa shape index (κ1) is 21.0. The molecule has 0 radical (unpaired) electrons. The smallest absolute Gasteiger partial charge is 0.159 e. The lowest BCUT2D eigenvalue weighted by atomic mass is 9.56. The quantitative estimate of drug-likeness (QED) is 0.631. The molecule has 4 heteroatoms. The van der Waals surface area contributed by atoms with Crippen LogP contribution in [0.5, 0.6) is 0 Å². The average Bonchev–Trinajstić information content (AvgIpc) is 2.82. The Morgan fingerprint density at radius 3 is 2.79 bits per heavy atom. The normalized spacial score (nSPS) is 42.8. The van der Waals surface area contributed by atoms with Crippen LogP contribution < -0.4 is 0 Å². The molecule has 4 rings (SSSR count). The maximum atomic E-state index is 13.0. The molecular weight excluding hydrogens is 364 g/mol. The van der Waals surface area contributed by atoms with E-state index in [4.69, 9.17) is 0 Å². The maximum absolute atomic E-state index is 13.0. The molecule has 0 aromatic heterocycles. The first-order chi connectivity index (χ1) is 13.7. The van der Waals surface area contributed by atoms with Gasteiger partial charge in [-0.2, -0.15) is 0 Å². The van der Waals surface area contributed by atoms with Crippen LogP contribution in [0.3, 0.4) is 0 Å². The summed E-state index contributed by atoms with van der Waals surface area (Å²) in [5, 5.41) is 32.1. The van der Waals surface area contributed by atoms with E-state index in [0.717, 1.165) is 32.1 Å². The number of rotatable bonds is 3. The van der Waals surface area contributed by atoms with Crippen LogP contribution in [0.1, 0.15) is 65.7 Å². The fraction of sp³-hybridized carbons (Fsp3) is 0.720. The van der Waals surface area contributed by atoms with Crippen LogP contribution in [0.4, 0.5) is 0 Å². The minimum atomic E-state index is -1.19. The van der Waals surface area contributed by atoms with E-state index in [1.54, 1.807) is 19.1 Å². The van der Waals surface area contributed by atoms with Crippen LogP contribution in [-0.4, -0.2) is 38.9 Å². The van der Waals surface area contributed by atoms with Gasteiger partial charge in [0.1, 0.15) is 6.10 Å². The molecule has 29 heavy (non-hydrogen) atoms. The van der Waals surface area contributed by atoms with Gasteiger partial charge in [0.25, 0.3) is 0 Å². The zero-order valence-corrected chi connectivity index (χ0v) is 18.0. The lowest BCUT2D eigenvalue weighted by Crippen LogP contribution is -2.52. The van der Waals surface area contributed by atoms with Gasteiger partial charge in [0.2, 0.25) is 0 Å². The molecule has 160 valence electrons. The Bertz CT molecular complexity index is 761. The van der Waals surface area contributed by atoms with Crippen molar-refractivity contribution in [2.45, 2.75) is 83.5 Å². The lowest BCUT2D eigenvalue weighted by molar-refractivity contribution is -0.119. The predicted octanol–water partition coefficient (Wildman–Crippen LogP) is 3.71. The Kier molecular flexibility index (Phi) is 5.42. The Morgan fingerprint density at radius 2 is 2.07 bits per heavy atom. The minimum Gasteiger partial charge on any atom is -0.393 e. The van der Waals surface area contributed by atoms with Crippen LogP contribution in [0.2, 0.25) is 0 Å². The molecule has 0 unspecified atom stereocenters. The number of fused-ring (bicyclic) bond motifs is 6. The van der Waals surface area contributed by atoms with E-state index in [1.165, 1.54) is 11.1 Å². The van der Waals surface area contributed by atoms with Crippen molar-refractivity contribution in [1.29, 1.82) is 0 Å². The second kappa shape index (κ2) is 7.47. The van der Waals surface area contributed by atoms with E-state index in [2.05, 4.69) is 13.0 Å². The fourth-order valence-corrected chi connectivity index (χ4v) is 7.09. The van der Waals surface area contributed by atoms with Crippen molar-refractivity contribution >= 4 is 5.78 Å². The molecule has 8 atom stereocenters. The second-order valence-corrected chi connectivity index (χ2v) is 10.3. The minimum absolute atomic E-state index is 0.00985. The Morgan fingerprint density at radius 1 is 1.31 bits per heavy atom. The predicted molar refractivity (Wildman–Crippen MR) is 113 cm³/mol. The van der Waals surface area contributed by atoms with Crippen molar-refractivity contribution in [3.8, 4) is 0 Å². The Hall–Kier alpha value is -1.23. The van der Waals surface area contributed by atoms with Crippen LogP contribution >= 0.6 is 0 Å². The maximum Gasteiger partial charge on any atom is 0.159 e. The molecule has 2 fully saturated rings. The van der Waals surface area contributed by atoms with Gasteiger partial charge in [-0.15, -0.1) is 0 Å². The summed E-state index contributed by atoms with van der Waals surface area (Å²) in [7, 11) is 0. The molecule has 2 saturated carbocycles. The third-order valence-corrected chi connectivity index (χ3v) is 8.64. The fourth-order valence-electron chi connectivity index (χ4n) is 7.09.